The van der Waals surface area contributed by atoms with Crippen LogP contribution in [-0.2, 0) is 11.4 Å². The van der Waals surface area contributed by atoms with Crippen LogP contribution in [0.25, 0.3) is 0 Å². The van der Waals surface area contributed by atoms with Crippen LogP contribution in [0.15, 0.2) is 48.5 Å². The SMILES string of the molecule is C[C@@H](NC(=O)c1cccc(COc2cccc(F)c2)c1)C(=O)N(C)C. The van der Waals surface area contributed by atoms with Gasteiger partial charge < -0.3 is 15.0 Å². The van der Waals surface area contributed by atoms with Gasteiger partial charge in [0.05, 0.1) is 0 Å². The highest BCUT2D eigenvalue weighted by atomic mass is 19.1. The molecule has 0 aliphatic rings. The van der Waals surface area contributed by atoms with Gasteiger partial charge in [-0.2, -0.15) is 0 Å². The third kappa shape index (κ3) is 5.31. The van der Waals surface area contributed by atoms with Gasteiger partial charge in [0.1, 0.15) is 24.2 Å². The van der Waals surface area contributed by atoms with E-state index in [1.807, 2.05) is 6.07 Å². The fourth-order valence-corrected chi connectivity index (χ4v) is 2.25. The topological polar surface area (TPSA) is 58.6 Å². The molecule has 2 aromatic rings. The standard InChI is InChI=1S/C19H21FN2O3/c1-13(19(24)22(2)3)21-18(23)15-7-4-6-14(10-15)12-25-17-9-5-8-16(20)11-17/h4-11,13H,12H2,1-3H3,(H,21,23)/t13-/m1/s1. The van der Waals surface area contributed by atoms with Gasteiger partial charge in [-0.1, -0.05) is 18.2 Å². The molecule has 0 aliphatic heterocycles. The minimum atomic E-state index is -0.616. The summed E-state index contributed by atoms with van der Waals surface area (Å²) in [5.74, 6) is -0.473. The van der Waals surface area contributed by atoms with E-state index < -0.39 is 6.04 Å². The van der Waals surface area contributed by atoms with Crippen LogP contribution >= 0.6 is 0 Å². The van der Waals surface area contributed by atoms with E-state index in [-0.39, 0.29) is 24.2 Å². The number of ether oxygens (including phenoxy) is 1. The highest BCUT2D eigenvalue weighted by Gasteiger charge is 2.18. The molecule has 1 atom stereocenters. The lowest BCUT2D eigenvalue weighted by Crippen LogP contribution is -2.44. The third-order valence-electron chi connectivity index (χ3n) is 3.55. The van der Waals surface area contributed by atoms with E-state index in [0.29, 0.717) is 11.3 Å². The Bertz CT molecular complexity index is 762. The Labute approximate surface area is 146 Å². The van der Waals surface area contributed by atoms with E-state index in [1.54, 1.807) is 51.4 Å². The van der Waals surface area contributed by atoms with E-state index in [9.17, 15) is 14.0 Å². The number of nitrogens with zero attached hydrogens (tertiary/aromatic N) is 1. The molecule has 25 heavy (non-hydrogen) atoms. The number of hydrogen-bond donors (Lipinski definition) is 1. The zero-order valence-electron chi connectivity index (χ0n) is 14.5. The summed E-state index contributed by atoms with van der Waals surface area (Å²) in [6.07, 6.45) is 0. The number of amides is 2. The van der Waals surface area contributed by atoms with Crippen molar-refractivity contribution >= 4 is 11.8 Å². The number of likely N-dealkylation sites (N-methyl/N-ethyl adjacent to an activating group) is 1. The Hall–Kier alpha value is -2.89. The molecule has 0 radical (unpaired) electrons. The van der Waals surface area contributed by atoms with Gasteiger partial charge in [-0.3, -0.25) is 9.59 Å². The van der Waals surface area contributed by atoms with Gasteiger partial charge in [0.25, 0.3) is 5.91 Å². The minimum Gasteiger partial charge on any atom is -0.489 e. The monoisotopic (exact) mass is 344 g/mol. The summed E-state index contributed by atoms with van der Waals surface area (Å²) in [4.78, 5) is 25.5. The van der Waals surface area contributed by atoms with Gasteiger partial charge in [0.2, 0.25) is 5.91 Å². The first-order valence-electron chi connectivity index (χ1n) is 7.86. The molecule has 6 heteroatoms. The van der Waals surface area contributed by atoms with Crippen molar-refractivity contribution in [2.24, 2.45) is 0 Å². The molecular weight excluding hydrogens is 323 g/mol. The highest BCUT2D eigenvalue weighted by Crippen LogP contribution is 2.15. The first kappa shape index (κ1) is 18.4. The molecule has 5 nitrogen and oxygen atoms in total. The van der Waals surface area contributed by atoms with Gasteiger partial charge in [0, 0.05) is 25.7 Å². The van der Waals surface area contributed by atoms with Crippen molar-refractivity contribution in [3.05, 3.63) is 65.5 Å². The predicted molar refractivity (Wildman–Crippen MR) is 92.8 cm³/mol. The summed E-state index contributed by atoms with van der Waals surface area (Å²) in [5, 5.41) is 2.67. The van der Waals surface area contributed by atoms with Crippen LogP contribution in [0.2, 0.25) is 0 Å². The summed E-state index contributed by atoms with van der Waals surface area (Å²) in [6, 6.07) is 12.1. The highest BCUT2D eigenvalue weighted by molar-refractivity contribution is 5.97. The van der Waals surface area contributed by atoms with E-state index in [0.717, 1.165) is 5.56 Å². The fraction of sp³-hybridized carbons (Fsp3) is 0.263. The van der Waals surface area contributed by atoms with Crippen LogP contribution in [0.5, 0.6) is 5.75 Å². The van der Waals surface area contributed by atoms with Gasteiger partial charge in [-0.15, -0.1) is 0 Å². The quantitative estimate of drug-likeness (QED) is 0.876. The molecule has 1 N–H and O–H groups in total. The average molecular weight is 344 g/mol. The van der Waals surface area contributed by atoms with Crippen molar-refractivity contribution in [2.75, 3.05) is 14.1 Å². The predicted octanol–water partition coefficient (Wildman–Crippen LogP) is 2.61. The van der Waals surface area contributed by atoms with Crippen LogP contribution in [0.3, 0.4) is 0 Å². The first-order chi connectivity index (χ1) is 11.9. The number of hydrogen-bond acceptors (Lipinski definition) is 3. The first-order valence-corrected chi connectivity index (χ1v) is 7.86. The number of nitrogens with one attached hydrogen (secondary N) is 1. The van der Waals surface area contributed by atoms with E-state index >= 15 is 0 Å². The molecule has 0 aliphatic carbocycles. The molecule has 0 spiro atoms. The lowest BCUT2D eigenvalue weighted by Gasteiger charge is -2.18. The summed E-state index contributed by atoms with van der Waals surface area (Å²) >= 11 is 0. The molecule has 2 aromatic carbocycles. The largest absolute Gasteiger partial charge is 0.489 e. The maximum Gasteiger partial charge on any atom is 0.251 e. The number of benzene rings is 2. The molecule has 0 saturated heterocycles. The Kier molecular flexibility index (Phi) is 6.11. The normalized spacial score (nSPS) is 11.5. The molecule has 0 bridgehead atoms. The number of halogens is 1. The Morgan fingerprint density at radius 1 is 1.16 bits per heavy atom. The van der Waals surface area contributed by atoms with Gasteiger partial charge >= 0.3 is 0 Å². The third-order valence-corrected chi connectivity index (χ3v) is 3.55. The second kappa shape index (κ2) is 8.28. The molecule has 2 amide bonds. The molecule has 0 aromatic heterocycles. The van der Waals surface area contributed by atoms with Crippen LogP contribution in [0, 0.1) is 5.82 Å². The summed E-state index contributed by atoms with van der Waals surface area (Å²) < 4.78 is 18.7. The molecule has 132 valence electrons. The zero-order chi connectivity index (χ0) is 18.4. The smallest absolute Gasteiger partial charge is 0.251 e. The van der Waals surface area contributed by atoms with Gasteiger partial charge in [-0.05, 0) is 36.8 Å². The van der Waals surface area contributed by atoms with Crippen LogP contribution in [-0.4, -0.2) is 36.9 Å². The Morgan fingerprint density at radius 2 is 1.88 bits per heavy atom. The lowest BCUT2D eigenvalue weighted by atomic mass is 10.1. The summed E-state index contributed by atoms with van der Waals surface area (Å²) in [7, 11) is 3.27. The van der Waals surface area contributed by atoms with Crippen molar-refractivity contribution < 1.29 is 18.7 Å². The van der Waals surface area contributed by atoms with E-state index in [2.05, 4.69) is 5.32 Å². The molecule has 0 fully saturated rings. The minimum absolute atomic E-state index is 0.182. The molecule has 0 saturated carbocycles. The van der Waals surface area contributed by atoms with Gasteiger partial charge in [0.15, 0.2) is 0 Å². The van der Waals surface area contributed by atoms with Crippen LogP contribution in [0.4, 0.5) is 4.39 Å². The fourth-order valence-electron chi connectivity index (χ4n) is 2.25. The van der Waals surface area contributed by atoms with Crippen molar-refractivity contribution in [3.8, 4) is 5.75 Å². The van der Waals surface area contributed by atoms with Crippen molar-refractivity contribution in [2.45, 2.75) is 19.6 Å². The van der Waals surface area contributed by atoms with Crippen LogP contribution in [0.1, 0.15) is 22.8 Å². The maximum absolute atomic E-state index is 13.1. The average Bonchev–Trinajstić information content (AvgIpc) is 2.59. The summed E-state index contributed by atoms with van der Waals surface area (Å²) in [5.41, 5.74) is 1.20. The van der Waals surface area contributed by atoms with Gasteiger partial charge in [-0.25, -0.2) is 4.39 Å². The van der Waals surface area contributed by atoms with Crippen molar-refractivity contribution in [1.29, 1.82) is 0 Å². The molecular formula is C19H21FN2O3. The molecule has 0 unspecified atom stereocenters. The van der Waals surface area contributed by atoms with E-state index in [4.69, 9.17) is 4.74 Å². The number of carbonyl (C=O) groups is 2. The van der Waals surface area contributed by atoms with E-state index in [1.165, 1.54) is 17.0 Å². The molecule has 2 rings (SSSR count). The zero-order valence-corrected chi connectivity index (χ0v) is 14.5. The summed E-state index contributed by atoms with van der Waals surface area (Å²) in [6.45, 7) is 1.84. The maximum atomic E-state index is 13.1. The molecule has 0 heterocycles. The Morgan fingerprint density at radius 3 is 2.56 bits per heavy atom. The van der Waals surface area contributed by atoms with Crippen molar-refractivity contribution in [1.82, 2.24) is 10.2 Å². The second-order valence-electron chi connectivity index (χ2n) is 5.87. The Balaban J connectivity index is 2.00. The number of rotatable bonds is 6. The van der Waals surface area contributed by atoms with Crippen LogP contribution < -0.4 is 10.1 Å². The number of carbonyl (C=O) groups excluding carboxylic acids is 2. The second-order valence-corrected chi connectivity index (χ2v) is 5.87. The van der Waals surface area contributed by atoms with Crippen molar-refractivity contribution in [3.63, 3.8) is 0 Å². The lowest BCUT2D eigenvalue weighted by molar-refractivity contribution is -0.130.